The molecule has 4 rings (SSSR count). The van der Waals surface area contributed by atoms with Gasteiger partial charge < -0.3 is 15.4 Å². The van der Waals surface area contributed by atoms with Crippen molar-refractivity contribution < 1.29 is 19.1 Å². The Kier molecular flexibility index (Phi) is 9.74. The minimum atomic E-state index is -0.424. The number of benzene rings is 2. The lowest BCUT2D eigenvalue weighted by molar-refractivity contribution is -0.118. The Balaban J connectivity index is 1.47. The molecule has 212 valence electrons. The summed E-state index contributed by atoms with van der Waals surface area (Å²) in [6.07, 6.45) is 2.98. The number of fused-ring (bicyclic) bond motifs is 1. The fourth-order valence-electron chi connectivity index (χ4n) is 4.91. The van der Waals surface area contributed by atoms with Gasteiger partial charge >= 0.3 is 5.97 Å². The number of rotatable bonds is 9. The third kappa shape index (κ3) is 7.76. The number of nitrogens with one attached hydrogen (secondary N) is 2. The van der Waals surface area contributed by atoms with Crippen LogP contribution < -0.4 is 10.6 Å². The van der Waals surface area contributed by atoms with E-state index in [9.17, 15) is 14.4 Å². The van der Waals surface area contributed by atoms with Crippen LogP contribution in [0.5, 0.6) is 0 Å². The van der Waals surface area contributed by atoms with Gasteiger partial charge in [0.1, 0.15) is 5.00 Å². The molecule has 0 saturated heterocycles. The standard InChI is InChI=1S/C32H38N2O4S2/c1-6-38-31(37)28-25-16-15-22(21-11-8-7-9-12-21)17-26(25)40-30(28)34-29(36)20(2)39-24-14-10-13-23(18-24)33-27(35)19-32(3,4)5/h7-14,18,20,22H,6,15-17,19H2,1-5H3,(H,33,35)(H,34,36). The average Bonchev–Trinajstić information content (AvgIpc) is 3.25. The van der Waals surface area contributed by atoms with Gasteiger partial charge in [0, 0.05) is 21.9 Å². The van der Waals surface area contributed by atoms with Crippen LogP contribution in [0.25, 0.3) is 0 Å². The molecule has 0 radical (unpaired) electrons. The van der Waals surface area contributed by atoms with E-state index in [2.05, 4.69) is 34.9 Å². The second kappa shape index (κ2) is 13.0. The van der Waals surface area contributed by atoms with Crippen molar-refractivity contribution in [2.75, 3.05) is 17.2 Å². The number of thiophene rings is 1. The summed E-state index contributed by atoms with van der Waals surface area (Å²) in [7, 11) is 0. The van der Waals surface area contributed by atoms with E-state index in [4.69, 9.17) is 4.74 Å². The lowest BCUT2D eigenvalue weighted by Crippen LogP contribution is -2.23. The second-order valence-electron chi connectivity index (χ2n) is 11.3. The van der Waals surface area contributed by atoms with Gasteiger partial charge in [-0.15, -0.1) is 23.1 Å². The zero-order valence-corrected chi connectivity index (χ0v) is 25.5. The van der Waals surface area contributed by atoms with Crippen LogP contribution in [-0.2, 0) is 27.2 Å². The van der Waals surface area contributed by atoms with E-state index in [1.807, 2.05) is 58.0 Å². The molecule has 8 heteroatoms. The first-order valence-electron chi connectivity index (χ1n) is 13.8. The molecule has 2 aromatic carbocycles. The van der Waals surface area contributed by atoms with Gasteiger partial charge in [-0.1, -0.05) is 57.2 Å². The third-order valence-electron chi connectivity index (χ3n) is 6.74. The molecule has 2 amide bonds. The lowest BCUT2D eigenvalue weighted by atomic mass is 9.83. The molecule has 1 aliphatic rings. The van der Waals surface area contributed by atoms with Gasteiger partial charge in [0.25, 0.3) is 0 Å². The molecular weight excluding hydrogens is 540 g/mol. The van der Waals surface area contributed by atoms with Crippen LogP contribution in [0, 0.1) is 5.41 Å². The van der Waals surface area contributed by atoms with Crippen molar-refractivity contribution in [2.45, 2.75) is 76.4 Å². The summed E-state index contributed by atoms with van der Waals surface area (Å²) in [5.74, 6) is -0.219. The molecule has 40 heavy (non-hydrogen) atoms. The van der Waals surface area contributed by atoms with E-state index in [0.29, 0.717) is 28.6 Å². The Morgan fingerprint density at radius 3 is 2.52 bits per heavy atom. The number of carbonyl (C=O) groups is 3. The predicted molar refractivity (Wildman–Crippen MR) is 165 cm³/mol. The van der Waals surface area contributed by atoms with Crippen LogP contribution in [0.3, 0.4) is 0 Å². The van der Waals surface area contributed by atoms with Gasteiger partial charge in [-0.2, -0.15) is 0 Å². The van der Waals surface area contributed by atoms with Crippen molar-refractivity contribution in [3.05, 3.63) is 76.2 Å². The molecule has 0 bridgehead atoms. The van der Waals surface area contributed by atoms with Crippen LogP contribution >= 0.6 is 23.1 Å². The quantitative estimate of drug-likeness (QED) is 0.201. The summed E-state index contributed by atoms with van der Waals surface area (Å²) in [5, 5.41) is 6.14. The Morgan fingerprint density at radius 2 is 1.82 bits per heavy atom. The number of hydrogen-bond donors (Lipinski definition) is 2. The predicted octanol–water partition coefficient (Wildman–Crippen LogP) is 7.69. The molecular formula is C32H38N2O4S2. The Hall–Kier alpha value is -3.10. The SMILES string of the molecule is CCOC(=O)c1c(NC(=O)C(C)Sc2cccc(NC(=O)CC(C)(C)C)c2)sc2c1CCC(c1ccccc1)C2. The molecule has 2 N–H and O–H groups in total. The lowest BCUT2D eigenvalue weighted by Gasteiger charge is -2.23. The number of thioether (sulfide) groups is 1. The largest absolute Gasteiger partial charge is 0.462 e. The first-order chi connectivity index (χ1) is 19.0. The third-order valence-corrected chi connectivity index (χ3v) is 9.01. The highest BCUT2D eigenvalue weighted by Crippen LogP contribution is 2.43. The zero-order chi connectivity index (χ0) is 28.9. The minimum Gasteiger partial charge on any atom is -0.462 e. The topological polar surface area (TPSA) is 84.5 Å². The first kappa shape index (κ1) is 29.9. The summed E-state index contributed by atoms with van der Waals surface area (Å²) >= 11 is 2.90. The highest BCUT2D eigenvalue weighted by atomic mass is 32.2. The molecule has 3 aromatic rings. The zero-order valence-electron chi connectivity index (χ0n) is 23.8. The molecule has 0 saturated carbocycles. The van der Waals surface area contributed by atoms with E-state index in [-0.39, 0.29) is 29.8 Å². The number of hydrogen-bond acceptors (Lipinski definition) is 6. The molecule has 1 aromatic heterocycles. The van der Waals surface area contributed by atoms with Gasteiger partial charge in [-0.05, 0) is 73.8 Å². The highest BCUT2D eigenvalue weighted by molar-refractivity contribution is 8.00. The minimum absolute atomic E-state index is 0.0388. The second-order valence-corrected chi connectivity index (χ2v) is 13.9. The molecule has 0 aliphatic heterocycles. The molecule has 0 spiro atoms. The molecule has 2 unspecified atom stereocenters. The Labute approximate surface area is 245 Å². The van der Waals surface area contributed by atoms with Gasteiger partial charge in [0.2, 0.25) is 11.8 Å². The van der Waals surface area contributed by atoms with E-state index >= 15 is 0 Å². The van der Waals surface area contributed by atoms with Crippen LogP contribution in [0.15, 0.2) is 59.5 Å². The van der Waals surface area contributed by atoms with Crippen LogP contribution in [0.2, 0.25) is 0 Å². The molecule has 6 nitrogen and oxygen atoms in total. The van der Waals surface area contributed by atoms with Crippen molar-refractivity contribution in [1.82, 2.24) is 0 Å². The summed E-state index contributed by atoms with van der Waals surface area (Å²) in [6.45, 7) is 9.99. The van der Waals surface area contributed by atoms with Gasteiger partial charge in [-0.3, -0.25) is 9.59 Å². The fourth-order valence-corrected chi connectivity index (χ4v) is 7.15. The van der Waals surface area contributed by atoms with E-state index in [0.717, 1.165) is 34.6 Å². The average molecular weight is 579 g/mol. The Morgan fingerprint density at radius 1 is 1.07 bits per heavy atom. The van der Waals surface area contributed by atoms with Crippen LogP contribution in [0.1, 0.15) is 79.7 Å². The van der Waals surface area contributed by atoms with Gasteiger partial charge in [-0.25, -0.2) is 4.79 Å². The normalized spacial score (nSPS) is 15.6. The van der Waals surface area contributed by atoms with Crippen molar-refractivity contribution in [3.8, 4) is 0 Å². The van der Waals surface area contributed by atoms with E-state index in [1.54, 1.807) is 6.92 Å². The number of anilines is 2. The maximum Gasteiger partial charge on any atom is 0.341 e. The number of esters is 1. The molecule has 1 heterocycles. The van der Waals surface area contributed by atoms with Crippen molar-refractivity contribution in [3.63, 3.8) is 0 Å². The molecule has 0 fully saturated rings. The molecule has 2 atom stereocenters. The van der Waals surface area contributed by atoms with Crippen molar-refractivity contribution in [2.24, 2.45) is 5.41 Å². The smallest absolute Gasteiger partial charge is 0.341 e. The van der Waals surface area contributed by atoms with Gasteiger partial charge in [0.05, 0.1) is 17.4 Å². The fraction of sp³-hybridized carbons (Fsp3) is 0.406. The van der Waals surface area contributed by atoms with Crippen molar-refractivity contribution in [1.29, 1.82) is 0 Å². The van der Waals surface area contributed by atoms with Gasteiger partial charge in [0.15, 0.2) is 0 Å². The summed E-state index contributed by atoms with van der Waals surface area (Å²) in [6, 6.07) is 18.0. The number of carbonyl (C=O) groups excluding carboxylic acids is 3. The maximum atomic E-state index is 13.3. The number of amides is 2. The van der Waals surface area contributed by atoms with E-state index in [1.165, 1.54) is 28.7 Å². The highest BCUT2D eigenvalue weighted by Gasteiger charge is 2.31. The Bertz CT molecular complexity index is 1360. The van der Waals surface area contributed by atoms with Crippen LogP contribution in [-0.4, -0.2) is 29.6 Å². The maximum absolute atomic E-state index is 13.3. The van der Waals surface area contributed by atoms with Crippen molar-refractivity contribution >= 4 is 51.6 Å². The summed E-state index contributed by atoms with van der Waals surface area (Å²) < 4.78 is 5.39. The monoisotopic (exact) mass is 578 g/mol. The number of ether oxygens (including phenoxy) is 1. The first-order valence-corrected chi connectivity index (χ1v) is 15.5. The summed E-state index contributed by atoms with van der Waals surface area (Å²) in [5.41, 5.74) is 3.41. The van der Waals surface area contributed by atoms with Crippen LogP contribution in [0.4, 0.5) is 10.7 Å². The summed E-state index contributed by atoms with van der Waals surface area (Å²) in [4.78, 5) is 40.7. The molecule has 1 aliphatic carbocycles. The van der Waals surface area contributed by atoms with E-state index < -0.39 is 5.25 Å².